The lowest BCUT2D eigenvalue weighted by Crippen LogP contribution is -2.32. The van der Waals surface area contributed by atoms with E-state index >= 15 is 0 Å². The van der Waals surface area contributed by atoms with Crippen molar-refractivity contribution >= 4 is 57.7 Å². The lowest BCUT2D eigenvalue weighted by atomic mass is 10.1. The number of carbonyl (C=O) groups excluding carboxylic acids is 2. The number of ether oxygens (including phenoxy) is 3. The number of fused-ring (bicyclic) bond motifs is 2. The summed E-state index contributed by atoms with van der Waals surface area (Å²) < 4.78 is 24.5. The van der Waals surface area contributed by atoms with Gasteiger partial charge in [-0.05, 0) is 63.6 Å². The highest BCUT2D eigenvalue weighted by atomic mass is 16.8. The van der Waals surface area contributed by atoms with E-state index in [0.29, 0.717) is 81.5 Å². The van der Waals surface area contributed by atoms with E-state index in [0.717, 1.165) is 5.52 Å². The SMILES string of the molecule is C=C(N)c1ccc2c(c1)nc(NC=O)n2C[C@H]1OC(C)(C)OC1Cn1c(NC(=O)c2cc(C)nn2CC)nc2cc(C(=C)N)cc(OCCCN=O)c21. The quantitative estimate of drug-likeness (QED) is 0.0636. The third kappa shape index (κ3) is 7.61. The summed E-state index contributed by atoms with van der Waals surface area (Å²) in [6, 6.07) is 10.7. The van der Waals surface area contributed by atoms with Gasteiger partial charge in [0.25, 0.3) is 5.91 Å². The molecule has 6 rings (SSSR count). The molecule has 17 heteroatoms. The van der Waals surface area contributed by atoms with Crippen LogP contribution in [0.2, 0.25) is 0 Å². The van der Waals surface area contributed by atoms with Crippen LogP contribution in [-0.4, -0.2) is 72.3 Å². The lowest BCUT2D eigenvalue weighted by Gasteiger charge is -2.21. The first-order chi connectivity index (χ1) is 25.3. The number of nitrogens with zero attached hydrogens (tertiary/aromatic N) is 7. The van der Waals surface area contributed by atoms with Gasteiger partial charge in [-0.15, -0.1) is 0 Å². The van der Waals surface area contributed by atoms with E-state index in [4.69, 9.17) is 30.7 Å². The fourth-order valence-corrected chi connectivity index (χ4v) is 6.50. The van der Waals surface area contributed by atoms with Gasteiger partial charge in [0.1, 0.15) is 29.2 Å². The Morgan fingerprint density at radius 2 is 1.70 bits per heavy atom. The summed E-state index contributed by atoms with van der Waals surface area (Å²) in [5.41, 5.74) is 17.4. The predicted molar refractivity (Wildman–Crippen MR) is 201 cm³/mol. The minimum absolute atomic E-state index is 0.0771. The van der Waals surface area contributed by atoms with E-state index in [9.17, 15) is 14.5 Å². The fourth-order valence-electron chi connectivity index (χ4n) is 6.50. The van der Waals surface area contributed by atoms with Crippen LogP contribution >= 0.6 is 0 Å². The summed E-state index contributed by atoms with van der Waals surface area (Å²) in [6.45, 7) is 16.2. The van der Waals surface area contributed by atoms with Gasteiger partial charge < -0.3 is 34.8 Å². The third-order valence-electron chi connectivity index (χ3n) is 8.81. The van der Waals surface area contributed by atoms with Crippen molar-refractivity contribution in [2.24, 2.45) is 16.6 Å². The zero-order valence-electron chi connectivity index (χ0n) is 30.1. The number of imidazole rings is 2. The minimum Gasteiger partial charge on any atom is -0.491 e. The molecule has 278 valence electrons. The molecular weight excluding hydrogens is 682 g/mol. The van der Waals surface area contributed by atoms with Gasteiger partial charge in [-0.25, -0.2) is 9.97 Å². The molecule has 17 nitrogen and oxygen atoms in total. The Labute approximate surface area is 304 Å². The average molecular weight is 726 g/mol. The fraction of sp³-hybridized carbons (Fsp3) is 0.361. The van der Waals surface area contributed by atoms with E-state index in [1.807, 2.05) is 44.4 Å². The topological polar surface area (TPSA) is 221 Å². The largest absolute Gasteiger partial charge is 0.491 e. The van der Waals surface area contributed by atoms with E-state index in [1.54, 1.807) is 33.5 Å². The van der Waals surface area contributed by atoms with Gasteiger partial charge in [0.15, 0.2) is 5.79 Å². The summed E-state index contributed by atoms with van der Waals surface area (Å²) >= 11 is 0. The Kier molecular flexibility index (Phi) is 10.3. The average Bonchev–Trinajstić information content (AvgIpc) is 3.84. The number of nitrogens with one attached hydrogen (secondary N) is 2. The summed E-state index contributed by atoms with van der Waals surface area (Å²) in [6.07, 6.45) is -0.273. The van der Waals surface area contributed by atoms with Crippen molar-refractivity contribution in [2.45, 2.75) is 71.7 Å². The molecular formula is C36H43N11O6. The minimum atomic E-state index is -1.01. The second kappa shape index (κ2) is 14.9. The molecule has 2 aromatic carbocycles. The van der Waals surface area contributed by atoms with Crippen LogP contribution in [0.4, 0.5) is 11.9 Å². The van der Waals surface area contributed by atoms with Gasteiger partial charge in [-0.1, -0.05) is 24.4 Å². The molecule has 1 aliphatic rings. The molecule has 1 aliphatic heterocycles. The zero-order valence-corrected chi connectivity index (χ0v) is 30.1. The van der Waals surface area contributed by atoms with Gasteiger partial charge in [-0.2, -0.15) is 10.0 Å². The van der Waals surface area contributed by atoms with Crippen LogP contribution in [0.3, 0.4) is 0 Å². The number of nitroso groups, excluding NO2 is 1. The van der Waals surface area contributed by atoms with Gasteiger partial charge in [0.05, 0.1) is 48.5 Å². The van der Waals surface area contributed by atoms with Crippen LogP contribution in [0.15, 0.2) is 54.7 Å². The highest BCUT2D eigenvalue weighted by molar-refractivity contribution is 6.03. The van der Waals surface area contributed by atoms with Gasteiger partial charge in [0.2, 0.25) is 18.3 Å². The van der Waals surface area contributed by atoms with E-state index in [-0.39, 0.29) is 32.2 Å². The number of benzene rings is 2. The molecule has 1 unspecified atom stereocenters. The molecule has 4 heterocycles. The maximum atomic E-state index is 13.8. The van der Waals surface area contributed by atoms with Crippen LogP contribution in [-0.2, 0) is 33.9 Å². The number of rotatable bonds is 16. The van der Waals surface area contributed by atoms with Crippen molar-refractivity contribution in [3.05, 3.63) is 77.0 Å². The number of amides is 2. The highest BCUT2D eigenvalue weighted by Gasteiger charge is 2.43. The molecule has 0 radical (unpaired) electrons. The monoisotopic (exact) mass is 725 g/mol. The second-order valence-corrected chi connectivity index (χ2v) is 13.2. The number of nitrogens with two attached hydrogens (primary N) is 2. The number of anilines is 2. The van der Waals surface area contributed by atoms with Crippen LogP contribution in [0.25, 0.3) is 33.5 Å². The zero-order chi connectivity index (χ0) is 38.0. The lowest BCUT2D eigenvalue weighted by molar-refractivity contribution is -0.148. The Morgan fingerprint density at radius 1 is 1.02 bits per heavy atom. The number of carbonyl (C=O) groups is 2. The second-order valence-electron chi connectivity index (χ2n) is 13.2. The number of hydrogen-bond acceptors (Lipinski definition) is 12. The number of aromatic nitrogens is 6. The molecule has 0 aliphatic carbocycles. The first-order valence-corrected chi connectivity index (χ1v) is 17.1. The first-order valence-electron chi connectivity index (χ1n) is 17.1. The Balaban J connectivity index is 1.44. The summed E-state index contributed by atoms with van der Waals surface area (Å²) in [7, 11) is 0. The maximum Gasteiger partial charge on any atom is 0.276 e. The van der Waals surface area contributed by atoms with Gasteiger partial charge >= 0.3 is 0 Å². The molecule has 5 aromatic rings. The summed E-state index contributed by atoms with van der Waals surface area (Å²) in [4.78, 5) is 45.7. The number of hydrogen-bond donors (Lipinski definition) is 4. The molecule has 1 saturated heterocycles. The van der Waals surface area contributed by atoms with Gasteiger partial charge in [0, 0.05) is 29.9 Å². The maximum absolute atomic E-state index is 13.8. The van der Waals surface area contributed by atoms with Crippen LogP contribution in [0.1, 0.15) is 54.5 Å². The highest BCUT2D eigenvalue weighted by Crippen LogP contribution is 2.37. The molecule has 3 aromatic heterocycles. The van der Waals surface area contributed by atoms with Crippen molar-refractivity contribution in [1.82, 2.24) is 28.9 Å². The van der Waals surface area contributed by atoms with Crippen molar-refractivity contribution in [3.63, 3.8) is 0 Å². The Morgan fingerprint density at radius 3 is 2.36 bits per heavy atom. The Bertz CT molecular complexity index is 2230. The van der Waals surface area contributed by atoms with Crippen molar-refractivity contribution < 1.29 is 23.8 Å². The summed E-state index contributed by atoms with van der Waals surface area (Å²) in [5, 5.41) is 13.0. The molecule has 0 spiro atoms. The molecule has 53 heavy (non-hydrogen) atoms. The summed E-state index contributed by atoms with van der Waals surface area (Å²) in [5.74, 6) is -0.501. The number of aryl methyl sites for hydroxylation is 2. The van der Waals surface area contributed by atoms with Gasteiger partial charge in [-0.3, -0.25) is 24.9 Å². The van der Waals surface area contributed by atoms with Crippen molar-refractivity contribution in [3.8, 4) is 5.75 Å². The van der Waals surface area contributed by atoms with Crippen LogP contribution in [0.5, 0.6) is 5.75 Å². The standard InChI is InChI=1S/C36H43N11O6/c1-7-47-28(13-20(2)44-47)33(49)43-35-42-26-15-24(22(4)38)16-29(51-12-8-11-40-50)32(26)46(35)18-31-30(52-36(5,6)53-31)17-45-27-10-9-23(21(3)37)14-25(27)41-34(45)39-19-48/h9-10,13-16,19,30-31H,3-4,7-8,11-12,17-18,37-38H2,1-2,5-6H3,(H,39,41,48)(H,42,43,49)/t30-,31?/m1/s1. The van der Waals surface area contributed by atoms with E-state index in [2.05, 4.69) is 39.1 Å². The van der Waals surface area contributed by atoms with Crippen LogP contribution < -0.4 is 26.8 Å². The third-order valence-corrected chi connectivity index (χ3v) is 8.81. The molecule has 0 saturated carbocycles. The van der Waals surface area contributed by atoms with Crippen molar-refractivity contribution in [1.29, 1.82) is 0 Å². The predicted octanol–water partition coefficient (Wildman–Crippen LogP) is 4.35. The first kappa shape index (κ1) is 36.7. The van der Waals surface area contributed by atoms with Crippen LogP contribution in [0, 0.1) is 11.8 Å². The Hall–Kier alpha value is -6.07. The van der Waals surface area contributed by atoms with E-state index < -0.39 is 23.9 Å². The normalized spacial score (nSPS) is 16.5. The van der Waals surface area contributed by atoms with E-state index in [1.165, 1.54) is 0 Å². The molecule has 1 fully saturated rings. The molecule has 0 bridgehead atoms. The van der Waals surface area contributed by atoms with Crippen molar-refractivity contribution in [2.75, 3.05) is 23.8 Å². The molecule has 2 atom stereocenters. The smallest absolute Gasteiger partial charge is 0.276 e. The molecule has 6 N–H and O–H groups in total. The molecule has 2 amide bonds.